The summed E-state index contributed by atoms with van der Waals surface area (Å²) in [7, 11) is 0. The van der Waals surface area contributed by atoms with Crippen molar-refractivity contribution >= 4 is 28.3 Å². The molecule has 1 aromatic carbocycles. The van der Waals surface area contributed by atoms with E-state index < -0.39 is 0 Å². The Morgan fingerprint density at radius 3 is 2.91 bits per heavy atom. The maximum Gasteiger partial charge on any atom is 0.154 e. The number of aliphatic imine (C=N–C) groups is 1. The number of nitrogens with two attached hydrogens (primary N) is 1. The van der Waals surface area contributed by atoms with Gasteiger partial charge in [0.15, 0.2) is 5.17 Å². The quantitative estimate of drug-likeness (QED) is 0.897. The molecule has 2 aliphatic rings. The summed E-state index contributed by atoms with van der Waals surface area (Å²) < 4.78 is 0. The highest BCUT2D eigenvalue weighted by atomic mass is 32.2. The second-order valence-corrected chi connectivity index (χ2v) is 8.27. The molecule has 0 amide bonds. The summed E-state index contributed by atoms with van der Waals surface area (Å²) in [6, 6.07) is 13.1. The van der Waals surface area contributed by atoms with E-state index in [2.05, 4.69) is 41.8 Å². The fourth-order valence-corrected chi connectivity index (χ4v) is 5.77. The van der Waals surface area contributed by atoms with E-state index in [9.17, 15) is 0 Å². The molecule has 2 atom stereocenters. The third-order valence-corrected chi connectivity index (χ3v) is 6.75. The highest BCUT2D eigenvalue weighted by Crippen LogP contribution is 2.50. The van der Waals surface area contributed by atoms with E-state index in [1.165, 1.54) is 28.8 Å². The Kier molecular flexibility index (Phi) is 3.74. The van der Waals surface area contributed by atoms with Gasteiger partial charge in [-0.15, -0.1) is 11.3 Å². The number of hydrogen-bond acceptors (Lipinski definition) is 4. The minimum atomic E-state index is -0.0846. The van der Waals surface area contributed by atoms with Gasteiger partial charge in [0, 0.05) is 10.6 Å². The minimum Gasteiger partial charge on any atom is -0.379 e. The molecule has 0 radical (unpaired) electrons. The van der Waals surface area contributed by atoms with Crippen LogP contribution in [0.5, 0.6) is 0 Å². The first kappa shape index (κ1) is 14.3. The summed E-state index contributed by atoms with van der Waals surface area (Å²) >= 11 is 3.59. The fourth-order valence-electron chi connectivity index (χ4n) is 3.94. The number of amidine groups is 1. The molecule has 1 aliphatic carbocycles. The van der Waals surface area contributed by atoms with Crippen molar-refractivity contribution in [1.82, 2.24) is 0 Å². The van der Waals surface area contributed by atoms with Crippen molar-refractivity contribution in [2.75, 3.05) is 5.75 Å². The lowest BCUT2D eigenvalue weighted by atomic mass is 9.68. The molecule has 2 unspecified atom stereocenters. The Hall–Kier alpha value is -1.26. The summed E-state index contributed by atoms with van der Waals surface area (Å²) in [6.45, 7) is 0. The topological polar surface area (TPSA) is 38.4 Å². The van der Waals surface area contributed by atoms with Crippen molar-refractivity contribution in [2.45, 2.75) is 31.2 Å². The van der Waals surface area contributed by atoms with Crippen LogP contribution in [0.2, 0.25) is 0 Å². The molecular weight excluding hydrogens is 308 g/mol. The van der Waals surface area contributed by atoms with Crippen LogP contribution in [0, 0.1) is 5.92 Å². The molecule has 0 saturated heterocycles. The molecule has 0 fully saturated rings. The van der Waals surface area contributed by atoms with Crippen molar-refractivity contribution in [1.29, 1.82) is 0 Å². The number of thioether (sulfide) groups is 1. The first-order chi connectivity index (χ1) is 10.8. The van der Waals surface area contributed by atoms with Gasteiger partial charge in [0.05, 0.1) is 5.54 Å². The van der Waals surface area contributed by atoms with Gasteiger partial charge in [-0.25, -0.2) is 0 Å². The van der Waals surface area contributed by atoms with Gasteiger partial charge in [-0.1, -0.05) is 42.1 Å². The Morgan fingerprint density at radius 2 is 2.09 bits per heavy atom. The Balaban J connectivity index is 1.76. The zero-order chi connectivity index (χ0) is 15.0. The monoisotopic (exact) mass is 328 g/mol. The molecule has 1 aliphatic heterocycles. The fraction of sp³-hybridized carbons (Fsp3) is 0.389. The first-order valence-corrected chi connectivity index (χ1v) is 9.73. The van der Waals surface area contributed by atoms with Crippen LogP contribution in [-0.2, 0) is 18.4 Å². The summed E-state index contributed by atoms with van der Waals surface area (Å²) in [4.78, 5) is 6.55. The third-order valence-electron chi connectivity index (χ3n) is 4.97. The van der Waals surface area contributed by atoms with E-state index in [0.29, 0.717) is 5.92 Å². The van der Waals surface area contributed by atoms with Gasteiger partial charge < -0.3 is 5.73 Å². The van der Waals surface area contributed by atoms with Crippen LogP contribution >= 0.6 is 23.1 Å². The molecule has 2 N–H and O–H groups in total. The number of hydrogen-bond donors (Lipinski definition) is 1. The number of thiophene rings is 1. The maximum atomic E-state index is 6.14. The number of rotatable bonds is 2. The Morgan fingerprint density at radius 1 is 1.23 bits per heavy atom. The molecule has 4 heteroatoms. The van der Waals surface area contributed by atoms with Crippen molar-refractivity contribution < 1.29 is 0 Å². The number of fused-ring (bicyclic) bond motifs is 2. The predicted molar refractivity (Wildman–Crippen MR) is 96.7 cm³/mol. The average Bonchev–Trinajstić information content (AvgIpc) is 3.01. The van der Waals surface area contributed by atoms with Crippen LogP contribution in [0.1, 0.15) is 28.8 Å². The lowest BCUT2D eigenvalue weighted by Gasteiger charge is -2.43. The Labute approximate surface area is 139 Å². The van der Waals surface area contributed by atoms with Gasteiger partial charge in [-0.05, 0) is 54.2 Å². The lowest BCUT2D eigenvalue weighted by molar-refractivity contribution is 0.234. The largest absolute Gasteiger partial charge is 0.379 e. The van der Waals surface area contributed by atoms with Crippen molar-refractivity contribution in [2.24, 2.45) is 16.6 Å². The van der Waals surface area contributed by atoms with Gasteiger partial charge in [0.2, 0.25) is 0 Å². The van der Waals surface area contributed by atoms with Crippen molar-refractivity contribution in [3.63, 3.8) is 0 Å². The molecule has 0 saturated carbocycles. The minimum absolute atomic E-state index is 0.0846. The predicted octanol–water partition coefficient (Wildman–Crippen LogP) is 4.20. The van der Waals surface area contributed by atoms with E-state index in [1.54, 1.807) is 11.8 Å². The highest BCUT2D eigenvalue weighted by Gasteiger charge is 2.46. The second-order valence-electron chi connectivity index (χ2n) is 6.16. The zero-order valence-electron chi connectivity index (χ0n) is 12.5. The van der Waals surface area contributed by atoms with E-state index in [0.717, 1.165) is 23.8 Å². The summed E-state index contributed by atoms with van der Waals surface area (Å²) in [6.07, 6.45) is 4.61. The van der Waals surface area contributed by atoms with Gasteiger partial charge in [-0.2, -0.15) is 0 Å². The molecule has 114 valence electrons. The van der Waals surface area contributed by atoms with Crippen LogP contribution in [0.15, 0.2) is 46.8 Å². The van der Waals surface area contributed by atoms with Gasteiger partial charge in [0.25, 0.3) is 0 Å². The molecule has 1 spiro atoms. The maximum absolute atomic E-state index is 6.14. The van der Waals surface area contributed by atoms with Gasteiger partial charge in [-0.3, -0.25) is 4.99 Å². The van der Waals surface area contributed by atoms with E-state index >= 15 is 0 Å². The molecule has 2 nitrogen and oxygen atoms in total. The third kappa shape index (κ3) is 2.38. The first-order valence-electron chi connectivity index (χ1n) is 7.87. The number of nitrogens with zero attached hydrogens (tertiary/aromatic N) is 1. The van der Waals surface area contributed by atoms with Crippen molar-refractivity contribution in [3.8, 4) is 0 Å². The van der Waals surface area contributed by atoms with E-state index in [1.807, 2.05) is 11.3 Å². The summed E-state index contributed by atoms with van der Waals surface area (Å²) in [5.74, 6) is 1.63. The van der Waals surface area contributed by atoms with Crippen LogP contribution in [0.25, 0.3) is 0 Å². The lowest BCUT2D eigenvalue weighted by Crippen LogP contribution is -2.42. The summed E-state index contributed by atoms with van der Waals surface area (Å²) in [5.41, 5.74) is 8.92. The highest BCUT2D eigenvalue weighted by molar-refractivity contribution is 8.13. The molecular formula is C18H20N2S2. The van der Waals surface area contributed by atoms with Crippen LogP contribution in [0.4, 0.5) is 0 Å². The molecule has 22 heavy (non-hydrogen) atoms. The van der Waals surface area contributed by atoms with E-state index in [-0.39, 0.29) is 5.54 Å². The van der Waals surface area contributed by atoms with Gasteiger partial charge >= 0.3 is 0 Å². The normalized spacial score (nSPS) is 27.5. The second kappa shape index (κ2) is 5.74. The van der Waals surface area contributed by atoms with E-state index in [4.69, 9.17) is 10.7 Å². The molecule has 0 bridgehead atoms. The number of aryl methyl sites for hydroxylation is 1. The Bertz CT molecular complexity index is 692. The standard InChI is InChI=1S/C18H20N2S2/c19-17-20-18(9-11-22-17)14(12-13-4-2-1-3-5-13)6-7-16-15(18)8-10-21-16/h1-5,8,10,14H,6-7,9,11-12H2,(H2,19,20). The average molecular weight is 329 g/mol. The van der Waals surface area contributed by atoms with Crippen molar-refractivity contribution in [3.05, 3.63) is 57.8 Å². The van der Waals surface area contributed by atoms with Crippen LogP contribution < -0.4 is 5.73 Å². The molecule has 2 aromatic rings. The zero-order valence-corrected chi connectivity index (χ0v) is 14.1. The van der Waals surface area contributed by atoms with Gasteiger partial charge in [0.1, 0.15) is 0 Å². The summed E-state index contributed by atoms with van der Waals surface area (Å²) in [5, 5.41) is 2.99. The number of benzene rings is 1. The molecule has 4 rings (SSSR count). The molecule has 1 aromatic heterocycles. The smallest absolute Gasteiger partial charge is 0.154 e. The van der Waals surface area contributed by atoms with Crippen LogP contribution in [-0.4, -0.2) is 10.9 Å². The SMILES string of the molecule is NC1=NC2(CCS1)c1ccsc1CCC2Cc1ccccc1. The molecule has 2 heterocycles. The van der Waals surface area contributed by atoms with Crippen LogP contribution in [0.3, 0.4) is 0 Å².